The van der Waals surface area contributed by atoms with Gasteiger partial charge in [0, 0.05) is 0 Å². The van der Waals surface area contributed by atoms with E-state index >= 15 is 0 Å². The van der Waals surface area contributed by atoms with Crippen molar-refractivity contribution in [2.75, 3.05) is 0 Å². The first kappa shape index (κ1) is 22.1. The molecule has 0 aromatic heterocycles. The van der Waals surface area contributed by atoms with E-state index < -0.39 is 28.3 Å². The zero-order valence-electron chi connectivity index (χ0n) is 15.0. The molecule has 24 heavy (non-hydrogen) atoms. The van der Waals surface area contributed by atoms with Crippen molar-refractivity contribution < 1.29 is 47.2 Å². The second kappa shape index (κ2) is 8.63. The number of nitrogens with zero attached hydrogens (tertiary/aromatic N) is 1. The minimum absolute atomic E-state index is 0. The third-order valence-electron chi connectivity index (χ3n) is 4.18. The van der Waals surface area contributed by atoms with Crippen molar-refractivity contribution in [2.45, 2.75) is 45.4 Å². The van der Waals surface area contributed by atoms with Gasteiger partial charge in [-0.1, -0.05) is 0 Å². The topological polar surface area (TPSA) is 3.24 Å². The first-order chi connectivity index (χ1) is 10.4. The fourth-order valence-electron chi connectivity index (χ4n) is 3.34. The predicted octanol–water partition coefficient (Wildman–Crippen LogP) is -1.15. The molecule has 0 unspecified atom stereocenters. The van der Waals surface area contributed by atoms with Crippen molar-refractivity contribution in [2.24, 2.45) is 0 Å². The Balaban J connectivity index is 0.00000144. The molecule has 0 heterocycles. The van der Waals surface area contributed by atoms with Crippen LogP contribution >= 0.6 is 0 Å². The van der Waals surface area contributed by atoms with Gasteiger partial charge in [0.15, 0.2) is 0 Å². The molecule has 5 heteroatoms. The average Bonchev–Trinajstić information content (AvgIpc) is 2.78. The zero-order chi connectivity index (χ0) is 15.9. The fourth-order valence-corrected chi connectivity index (χ4v) is 17.2. The maximum atomic E-state index is 2.93. The van der Waals surface area contributed by atoms with Crippen LogP contribution in [-0.4, -0.2) is 14.4 Å². The van der Waals surface area contributed by atoms with Crippen LogP contribution in [-0.2, 0) is 22.4 Å². The van der Waals surface area contributed by atoms with Gasteiger partial charge in [-0.05, 0) is 0 Å². The number of benzene rings is 2. The molecule has 0 saturated heterocycles. The quantitative estimate of drug-likeness (QED) is 0.441. The average molecular weight is 545 g/mol. The Kier molecular flexibility index (Phi) is 7.95. The number of rotatable bonds is 3. The molecule has 0 spiro atoms. The van der Waals surface area contributed by atoms with Crippen molar-refractivity contribution in [3.63, 3.8) is 0 Å². The molecule has 0 fully saturated rings. The summed E-state index contributed by atoms with van der Waals surface area (Å²) in [7, 11) is 0. The normalized spacial score (nSPS) is 13.0. The molecular weight excluding hydrogens is 520 g/mol. The molecule has 0 aliphatic heterocycles. The summed E-state index contributed by atoms with van der Waals surface area (Å²) in [6.07, 6.45) is 0. The van der Waals surface area contributed by atoms with Gasteiger partial charge in [-0.25, -0.2) is 0 Å². The van der Waals surface area contributed by atoms with Gasteiger partial charge < -0.3 is 24.8 Å². The molecule has 0 bridgehead atoms. The van der Waals surface area contributed by atoms with Crippen LogP contribution in [0.5, 0.6) is 0 Å². The second-order valence-electron chi connectivity index (χ2n) is 7.40. The van der Waals surface area contributed by atoms with Crippen molar-refractivity contribution in [3.05, 3.63) is 59.7 Å². The van der Waals surface area contributed by atoms with E-state index in [0.717, 1.165) is 0 Å². The van der Waals surface area contributed by atoms with Crippen molar-refractivity contribution in [1.82, 2.24) is 2.89 Å². The third kappa shape index (κ3) is 4.24. The van der Waals surface area contributed by atoms with Crippen molar-refractivity contribution in [1.29, 1.82) is 0 Å². The Morgan fingerprint density at radius 1 is 0.833 bits per heavy atom. The Hall–Kier alpha value is 0.0670. The van der Waals surface area contributed by atoms with E-state index in [1.165, 1.54) is 22.3 Å². The van der Waals surface area contributed by atoms with Crippen molar-refractivity contribution in [3.8, 4) is 11.1 Å². The molecule has 0 saturated carbocycles. The largest absolute Gasteiger partial charge is 1.00 e. The SMILES string of the molecule is C[SiH](C)[Hf+2][N](C1c2ccccc2-c2ccccc21)C(C)(C)C.[Cl-].[Cl-]. The van der Waals surface area contributed by atoms with E-state index in [9.17, 15) is 0 Å². The minimum atomic E-state index is -0.751. The Bertz CT molecular complexity index is 640. The van der Waals surface area contributed by atoms with E-state index in [-0.39, 0.29) is 30.4 Å². The van der Waals surface area contributed by atoms with Crippen molar-refractivity contribution >= 4 is 5.98 Å². The Labute approximate surface area is 171 Å². The molecule has 1 aliphatic carbocycles. The van der Waals surface area contributed by atoms with E-state index in [0.29, 0.717) is 6.04 Å². The van der Waals surface area contributed by atoms with Crippen LogP contribution in [0.3, 0.4) is 0 Å². The van der Waals surface area contributed by atoms with Gasteiger partial charge >= 0.3 is 147 Å². The van der Waals surface area contributed by atoms with Gasteiger partial charge in [0.2, 0.25) is 0 Å². The number of halogens is 2. The van der Waals surface area contributed by atoms with E-state index in [4.69, 9.17) is 0 Å². The second-order valence-corrected chi connectivity index (χ2v) is 26.9. The fraction of sp³-hybridized carbons (Fsp3) is 0.368. The van der Waals surface area contributed by atoms with Gasteiger partial charge in [0.05, 0.1) is 0 Å². The van der Waals surface area contributed by atoms with E-state index in [2.05, 4.69) is 85.3 Å². The molecule has 0 radical (unpaired) electrons. The van der Waals surface area contributed by atoms with Crippen LogP contribution in [0, 0.1) is 0 Å². The molecule has 1 nitrogen and oxygen atoms in total. The van der Waals surface area contributed by atoms with Crippen LogP contribution in [0.1, 0.15) is 37.9 Å². The molecule has 0 atom stereocenters. The van der Waals surface area contributed by atoms with Gasteiger partial charge in [-0.2, -0.15) is 0 Å². The van der Waals surface area contributed by atoms with E-state index in [1.807, 2.05) is 0 Å². The smallest absolute Gasteiger partial charge is 1.00 e. The predicted molar refractivity (Wildman–Crippen MR) is 94.2 cm³/mol. The van der Waals surface area contributed by atoms with Crippen LogP contribution in [0.2, 0.25) is 13.1 Å². The first-order valence-corrected chi connectivity index (χ1v) is 18.8. The summed E-state index contributed by atoms with van der Waals surface area (Å²) in [6, 6.07) is 18.6. The summed E-state index contributed by atoms with van der Waals surface area (Å²) in [5.74, 6) is -0.493. The van der Waals surface area contributed by atoms with Gasteiger partial charge in [0.1, 0.15) is 0 Å². The summed E-state index contributed by atoms with van der Waals surface area (Å²) in [6.45, 7) is 12.3. The summed E-state index contributed by atoms with van der Waals surface area (Å²) in [4.78, 5) is 0. The molecule has 2 aromatic rings. The Morgan fingerprint density at radius 2 is 1.25 bits per heavy atom. The number of fused-ring (bicyclic) bond motifs is 3. The van der Waals surface area contributed by atoms with Crippen LogP contribution < -0.4 is 24.8 Å². The van der Waals surface area contributed by atoms with Crippen LogP contribution in [0.15, 0.2) is 48.5 Å². The minimum Gasteiger partial charge on any atom is -1.00 e. The molecule has 1 aliphatic rings. The monoisotopic (exact) mass is 545 g/mol. The standard InChI is InChI=1S/C17H18N.C2H7Si.2ClH.Hf/c1-17(2,3)18-16-14-10-6-4-8-12(14)13-9-5-7-11-15(13)16;1-3-2;;;/h4-11,16H,1-3H3;3H,1-2H3;2*1H;/q-1;;;;+3/p-2. The van der Waals surface area contributed by atoms with E-state index in [1.54, 1.807) is 0 Å². The molecule has 0 amide bonds. The Morgan fingerprint density at radius 3 is 1.62 bits per heavy atom. The first-order valence-electron chi connectivity index (χ1n) is 8.13. The zero-order valence-corrected chi connectivity index (χ0v) is 21.2. The third-order valence-corrected chi connectivity index (χ3v) is 16.9. The molecule has 3 rings (SSSR count). The molecule has 0 N–H and O–H groups in total. The molecule has 128 valence electrons. The summed E-state index contributed by atoms with van der Waals surface area (Å²) in [5.41, 5.74) is 6.22. The maximum absolute atomic E-state index is 2.93. The van der Waals surface area contributed by atoms with Crippen LogP contribution in [0.4, 0.5) is 0 Å². The van der Waals surface area contributed by atoms with Gasteiger partial charge in [-0.3, -0.25) is 0 Å². The maximum Gasteiger partial charge on any atom is -1.00 e. The molecular formula is C19H25Cl2HfNSi. The van der Waals surface area contributed by atoms with Crippen LogP contribution in [0.25, 0.3) is 11.1 Å². The molecule has 2 aromatic carbocycles. The summed E-state index contributed by atoms with van der Waals surface area (Å²) >= 11 is -0.751. The summed E-state index contributed by atoms with van der Waals surface area (Å²) in [5, 5.41) is 0. The van der Waals surface area contributed by atoms with Gasteiger partial charge in [-0.15, -0.1) is 0 Å². The number of hydrogen-bond donors (Lipinski definition) is 0. The van der Waals surface area contributed by atoms with Gasteiger partial charge in [0.25, 0.3) is 0 Å². The number of hydrogen-bond acceptors (Lipinski definition) is 1. The summed E-state index contributed by atoms with van der Waals surface area (Å²) < 4.78 is 2.93.